The van der Waals surface area contributed by atoms with Gasteiger partial charge < -0.3 is 14.6 Å². The zero-order valence-corrected chi connectivity index (χ0v) is 13.7. The SMILES string of the molecule is CNCc1ccc(-c2cccc(OCC(C)C)c2)n(C)c1=O. The Bertz CT molecular complexity index is 690. The molecule has 0 spiro atoms. The van der Waals surface area contributed by atoms with E-state index in [0.29, 0.717) is 19.1 Å². The minimum atomic E-state index is 0.0281. The second kappa shape index (κ2) is 7.27. The summed E-state index contributed by atoms with van der Waals surface area (Å²) in [7, 11) is 3.64. The molecular formula is C18H24N2O2. The van der Waals surface area contributed by atoms with Crippen LogP contribution in [0.5, 0.6) is 5.75 Å². The molecule has 22 heavy (non-hydrogen) atoms. The minimum absolute atomic E-state index is 0.0281. The molecule has 0 aliphatic carbocycles. The van der Waals surface area contributed by atoms with Crippen molar-refractivity contribution in [2.75, 3.05) is 13.7 Å². The van der Waals surface area contributed by atoms with Crippen molar-refractivity contribution in [3.8, 4) is 17.0 Å². The van der Waals surface area contributed by atoms with Crippen molar-refractivity contribution in [1.29, 1.82) is 0 Å². The molecule has 1 heterocycles. The second-order valence-corrected chi connectivity index (χ2v) is 5.87. The van der Waals surface area contributed by atoms with Crippen molar-refractivity contribution >= 4 is 0 Å². The molecule has 0 bridgehead atoms. The summed E-state index contributed by atoms with van der Waals surface area (Å²) in [6.07, 6.45) is 0. The van der Waals surface area contributed by atoms with Gasteiger partial charge in [0, 0.05) is 24.7 Å². The predicted molar refractivity (Wildman–Crippen MR) is 90.2 cm³/mol. The molecule has 0 atom stereocenters. The zero-order chi connectivity index (χ0) is 16.1. The van der Waals surface area contributed by atoms with Crippen molar-refractivity contribution in [3.63, 3.8) is 0 Å². The Kier molecular flexibility index (Phi) is 5.39. The van der Waals surface area contributed by atoms with Gasteiger partial charge in [0.15, 0.2) is 0 Å². The topological polar surface area (TPSA) is 43.3 Å². The van der Waals surface area contributed by atoms with E-state index in [0.717, 1.165) is 22.6 Å². The first-order valence-corrected chi connectivity index (χ1v) is 7.59. The number of nitrogens with one attached hydrogen (secondary N) is 1. The number of hydrogen-bond acceptors (Lipinski definition) is 3. The van der Waals surface area contributed by atoms with E-state index in [-0.39, 0.29) is 5.56 Å². The molecule has 0 radical (unpaired) electrons. The molecule has 2 aromatic rings. The Morgan fingerprint density at radius 2 is 2.00 bits per heavy atom. The summed E-state index contributed by atoms with van der Waals surface area (Å²) < 4.78 is 7.45. The summed E-state index contributed by atoms with van der Waals surface area (Å²) in [6, 6.07) is 11.7. The van der Waals surface area contributed by atoms with Gasteiger partial charge in [-0.1, -0.05) is 32.0 Å². The Labute approximate surface area is 131 Å². The lowest BCUT2D eigenvalue weighted by atomic mass is 10.1. The van der Waals surface area contributed by atoms with Gasteiger partial charge in [-0.05, 0) is 31.2 Å². The number of benzene rings is 1. The lowest BCUT2D eigenvalue weighted by Gasteiger charge is -2.13. The maximum atomic E-state index is 12.3. The maximum absolute atomic E-state index is 12.3. The monoisotopic (exact) mass is 300 g/mol. The maximum Gasteiger partial charge on any atom is 0.255 e. The van der Waals surface area contributed by atoms with Gasteiger partial charge in [-0.25, -0.2) is 0 Å². The van der Waals surface area contributed by atoms with E-state index in [9.17, 15) is 4.79 Å². The van der Waals surface area contributed by atoms with E-state index in [4.69, 9.17) is 4.74 Å². The second-order valence-electron chi connectivity index (χ2n) is 5.87. The van der Waals surface area contributed by atoms with E-state index in [1.54, 1.807) is 11.6 Å². The summed E-state index contributed by atoms with van der Waals surface area (Å²) in [6.45, 7) is 5.50. The van der Waals surface area contributed by atoms with Crippen LogP contribution in [0.15, 0.2) is 41.2 Å². The van der Waals surface area contributed by atoms with Gasteiger partial charge in [0.25, 0.3) is 5.56 Å². The van der Waals surface area contributed by atoms with Crippen LogP contribution in [0, 0.1) is 5.92 Å². The summed E-state index contributed by atoms with van der Waals surface area (Å²) >= 11 is 0. The number of pyridine rings is 1. The summed E-state index contributed by atoms with van der Waals surface area (Å²) in [5.41, 5.74) is 2.66. The summed E-state index contributed by atoms with van der Waals surface area (Å²) in [5.74, 6) is 1.31. The Morgan fingerprint density at radius 1 is 1.23 bits per heavy atom. The normalized spacial score (nSPS) is 11.0. The van der Waals surface area contributed by atoms with Crippen LogP contribution in [0.25, 0.3) is 11.3 Å². The van der Waals surface area contributed by atoms with Gasteiger partial charge in [-0.3, -0.25) is 4.79 Å². The number of hydrogen-bond donors (Lipinski definition) is 1. The molecule has 1 aromatic heterocycles. The fourth-order valence-electron chi connectivity index (χ4n) is 2.31. The van der Waals surface area contributed by atoms with Crippen molar-refractivity contribution in [2.45, 2.75) is 20.4 Å². The highest BCUT2D eigenvalue weighted by molar-refractivity contribution is 5.61. The van der Waals surface area contributed by atoms with Gasteiger partial charge in [-0.2, -0.15) is 0 Å². The van der Waals surface area contributed by atoms with Gasteiger partial charge in [0.2, 0.25) is 0 Å². The molecule has 4 heteroatoms. The molecule has 0 fully saturated rings. The van der Waals surface area contributed by atoms with Crippen LogP contribution >= 0.6 is 0 Å². The van der Waals surface area contributed by atoms with E-state index in [1.165, 1.54) is 0 Å². The average molecular weight is 300 g/mol. The number of rotatable bonds is 6. The molecule has 1 aromatic carbocycles. The smallest absolute Gasteiger partial charge is 0.255 e. The molecule has 118 valence electrons. The van der Waals surface area contributed by atoms with Crippen LogP contribution in [0.2, 0.25) is 0 Å². The van der Waals surface area contributed by atoms with Crippen LogP contribution < -0.4 is 15.6 Å². The van der Waals surface area contributed by atoms with Gasteiger partial charge in [0.05, 0.1) is 12.3 Å². The van der Waals surface area contributed by atoms with Crippen molar-refractivity contribution in [3.05, 3.63) is 52.3 Å². The third kappa shape index (κ3) is 3.77. The van der Waals surface area contributed by atoms with E-state index in [1.807, 2.05) is 43.4 Å². The van der Waals surface area contributed by atoms with Crippen LogP contribution in [-0.2, 0) is 13.6 Å². The zero-order valence-electron chi connectivity index (χ0n) is 13.7. The molecule has 0 saturated heterocycles. The largest absolute Gasteiger partial charge is 0.493 e. The number of ether oxygens (including phenoxy) is 1. The van der Waals surface area contributed by atoms with Gasteiger partial charge in [0.1, 0.15) is 5.75 Å². The quantitative estimate of drug-likeness (QED) is 0.892. The molecule has 0 unspecified atom stereocenters. The van der Waals surface area contributed by atoms with E-state index in [2.05, 4.69) is 19.2 Å². The fraction of sp³-hybridized carbons (Fsp3) is 0.389. The molecule has 1 N–H and O–H groups in total. The first-order valence-electron chi connectivity index (χ1n) is 7.59. The van der Waals surface area contributed by atoms with E-state index >= 15 is 0 Å². The molecule has 0 saturated carbocycles. The summed E-state index contributed by atoms with van der Waals surface area (Å²) in [4.78, 5) is 12.3. The predicted octanol–water partition coefficient (Wildman–Crippen LogP) is 2.81. The lowest BCUT2D eigenvalue weighted by molar-refractivity contribution is 0.271. The third-order valence-electron chi connectivity index (χ3n) is 3.46. The first-order chi connectivity index (χ1) is 10.5. The molecule has 2 rings (SSSR count). The fourth-order valence-corrected chi connectivity index (χ4v) is 2.31. The van der Waals surface area contributed by atoms with Crippen molar-refractivity contribution in [1.82, 2.24) is 9.88 Å². The van der Waals surface area contributed by atoms with Crippen LogP contribution in [0.3, 0.4) is 0 Å². The number of aromatic nitrogens is 1. The Balaban J connectivity index is 2.34. The van der Waals surface area contributed by atoms with Gasteiger partial charge >= 0.3 is 0 Å². The van der Waals surface area contributed by atoms with Crippen LogP contribution in [0.1, 0.15) is 19.4 Å². The Hall–Kier alpha value is -2.07. The lowest BCUT2D eigenvalue weighted by Crippen LogP contribution is -2.25. The Morgan fingerprint density at radius 3 is 2.68 bits per heavy atom. The molecular weight excluding hydrogens is 276 g/mol. The average Bonchev–Trinajstić information content (AvgIpc) is 2.50. The third-order valence-corrected chi connectivity index (χ3v) is 3.46. The van der Waals surface area contributed by atoms with Crippen LogP contribution in [0.4, 0.5) is 0 Å². The van der Waals surface area contributed by atoms with Crippen molar-refractivity contribution < 1.29 is 4.74 Å². The standard InChI is InChI=1S/C18H24N2O2/c1-13(2)12-22-16-7-5-6-14(10-16)17-9-8-15(11-19-3)18(21)20(17)4/h5-10,13,19H,11-12H2,1-4H3. The summed E-state index contributed by atoms with van der Waals surface area (Å²) in [5, 5.41) is 3.01. The van der Waals surface area contributed by atoms with Gasteiger partial charge in [-0.15, -0.1) is 0 Å². The molecule has 4 nitrogen and oxygen atoms in total. The highest BCUT2D eigenvalue weighted by Crippen LogP contribution is 2.23. The first kappa shape index (κ1) is 16.3. The minimum Gasteiger partial charge on any atom is -0.493 e. The van der Waals surface area contributed by atoms with E-state index < -0.39 is 0 Å². The highest BCUT2D eigenvalue weighted by atomic mass is 16.5. The van der Waals surface area contributed by atoms with Crippen LogP contribution in [-0.4, -0.2) is 18.2 Å². The molecule has 0 aliphatic rings. The molecule has 0 amide bonds. The highest BCUT2D eigenvalue weighted by Gasteiger charge is 2.08. The number of nitrogens with zero attached hydrogens (tertiary/aromatic N) is 1. The van der Waals surface area contributed by atoms with Crippen molar-refractivity contribution in [2.24, 2.45) is 13.0 Å². The molecule has 0 aliphatic heterocycles.